The van der Waals surface area contributed by atoms with Crippen LogP contribution in [0.5, 0.6) is 0 Å². The zero-order valence-corrected chi connectivity index (χ0v) is 12.0. The van der Waals surface area contributed by atoms with Gasteiger partial charge in [-0.1, -0.05) is 86.7 Å². The average molecular weight is 264 g/mol. The van der Waals surface area contributed by atoms with E-state index in [9.17, 15) is 4.79 Å². The van der Waals surface area contributed by atoms with E-state index < -0.39 is 0 Å². The monoisotopic (exact) mass is 264 g/mol. The van der Waals surface area contributed by atoms with Crippen molar-refractivity contribution in [3.8, 4) is 0 Å². The van der Waals surface area contributed by atoms with E-state index in [0.717, 1.165) is 5.56 Å². The molecular formula is C19H20O. The topological polar surface area (TPSA) is 17.1 Å². The highest BCUT2D eigenvalue weighted by atomic mass is 16.1. The number of allylic oxidation sites excluding steroid dienone is 1. The number of carbonyl (C=O) groups is 1. The van der Waals surface area contributed by atoms with E-state index in [-0.39, 0.29) is 17.6 Å². The summed E-state index contributed by atoms with van der Waals surface area (Å²) in [6, 6.07) is 19.7. The Hall–Kier alpha value is -2.15. The minimum absolute atomic E-state index is 0.0163. The van der Waals surface area contributed by atoms with Gasteiger partial charge < -0.3 is 0 Å². The highest BCUT2D eigenvalue weighted by Crippen LogP contribution is 2.19. The van der Waals surface area contributed by atoms with E-state index in [1.165, 1.54) is 5.56 Å². The van der Waals surface area contributed by atoms with Crippen molar-refractivity contribution in [1.82, 2.24) is 0 Å². The van der Waals surface area contributed by atoms with Crippen LogP contribution in [0.4, 0.5) is 0 Å². The summed E-state index contributed by atoms with van der Waals surface area (Å²) < 4.78 is 0. The minimum Gasteiger partial charge on any atom is -0.294 e. The molecule has 0 saturated carbocycles. The molecule has 0 aliphatic rings. The van der Waals surface area contributed by atoms with Crippen LogP contribution in [0.25, 0.3) is 6.08 Å². The van der Waals surface area contributed by atoms with Gasteiger partial charge in [0.05, 0.1) is 0 Å². The van der Waals surface area contributed by atoms with Crippen LogP contribution in [0.3, 0.4) is 0 Å². The van der Waals surface area contributed by atoms with Crippen LogP contribution < -0.4 is 0 Å². The first-order valence-electron chi connectivity index (χ1n) is 7.01. The Morgan fingerprint density at radius 2 is 1.45 bits per heavy atom. The van der Waals surface area contributed by atoms with Crippen LogP contribution in [-0.2, 0) is 0 Å². The van der Waals surface area contributed by atoms with Crippen LogP contribution in [0, 0.1) is 11.8 Å². The molecule has 2 aromatic carbocycles. The Morgan fingerprint density at radius 3 is 2.05 bits per heavy atom. The van der Waals surface area contributed by atoms with Crippen molar-refractivity contribution in [2.45, 2.75) is 13.8 Å². The van der Waals surface area contributed by atoms with Gasteiger partial charge >= 0.3 is 0 Å². The van der Waals surface area contributed by atoms with Gasteiger partial charge in [-0.05, 0) is 11.5 Å². The molecule has 2 atom stereocenters. The number of ketones is 1. The smallest absolute Gasteiger partial charge is 0.166 e. The summed E-state index contributed by atoms with van der Waals surface area (Å²) in [4.78, 5) is 12.4. The Labute approximate surface area is 121 Å². The fraction of sp³-hybridized carbons (Fsp3) is 0.211. The Bertz CT molecular complexity index is 569. The third-order valence-electron chi connectivity index (χ3n) is 3.65. The molecule has 0 amide bonds. The van der Waals surface area contributed by atoms with E-state index in [1.807, 2.05) is 55.5 Å². The third kappa shape index (κ3) is 3.67. The summed E-state index contributed by atoms with van der Waals surface area (Å²) in [6.45, 7) is 4.08. The van der Waals surface area contributed by atoms with E-state index >= 15 is 0 Å². The van der Waals surface area contributed by atoms with Crippen LogP contribution in [0.15, 0.2) is 66.7 Å². The van der Waals surface area contributed by atoms with Gasteiger partial charge in [-0.25, -0.2) is 0 Å². The van der Waals surface area contributed by atoms with E-state index in [1.54, 1.807) is 0 Å². The van der Waals surface area contributed by atoms with Crippen molar-refractivity contribution in [2.75, 3.05) is 0 Å². The second-order valence-electron chi connectivity index (χ2n) is 5.15. The van der Waals surface area contributed by atoms with Crippen LogP contribution >= 0.6 is 0 Å². The molecule has 0 spiro atoms. The molecule has 1 nitrogen and oxygen atoms in total. The van der Waals surface area contributed by atoms with Gasteiger partial charge in [-0.15, -0.1) is 0 Å². The summed E-state index contributed by atoms with van der Waals surface area (Å²) in [5, 5.41) is 0. The lowest BCUT2D eigenvalue weighted by atomic mass is 9.88. The molecule has 0 fully saturated rings. The first-order chi connectivity index (χ1) is 9.68. The predicted molar refractivity (Wildman–Crippen MR) is 84.6 cm³/mol. The van der Waals surface area contributed by atoms with Crippen molar-refractivity contribution < 1.29 is 4.79 Å². The molecule has 0 heterocycles. The second-order valence-corrected chi connectivity index (χ2v) is 5.15. The van der Waals surface area contributed by atoms with Crippen molar-refractivity contribution in [1.29, 1.82) is 0 Å². The number of Topliss-reactive ketones (excluding diaryl/α,β-unsaturated/α-hetero) is 1. The first kappa shape index (κ1) is 14.3. The molecule has 0 N–H and O–H groups in total. The zero-order chi connectivity index (χ0) is 14.4. The van der Waals surface area contributed by atoms with Gasteiger partial charge in [0.2, 0.25) is 0 Å². The van der Waals surface area contributed by atoms with Crippen LogP contribution in [0.1, 0.15) is 29.8 Å². The number of hydrogen-bond acceptors (Lipinski definition) is 1. The highest BCUT2D eigenvalue weighted by Gasteiger charge is 2.19. The molecule has 2 aromatic rings. The molecular weight excluding hydrogens is 244 g/mol. The fourth-order valence-corrected chi connectivity index (χ4v) is 2.10. The SMILES string of the molecule is CC(/C=C/c1ccccc1)C(C)C(=O)c1ccccc1. The standard InChI is InChI=1S/C19H20O/c1-15(13-14-17-9-5-3-6-10-17)16(2)19(20)18-11-7-4-8-12-18/h3-16H,1-2H3/b14-13+. The summed E-state index contributed by atoms with van der Waals surface area (Å²) >= 11 is 0. The molecule has 0 radical (unpaired) electrons. The van der Waals surface area contributed by atoms with Gasteiger partial charge in [0.15, 0.2) is 5.78 Å². The van der Waals surface area contributed by atoms with E-state index in [0.29, 0.717) is 0 Å². The molecule has 0 aliphatic heterocycles. The molecule has 0 saturated heterocycles. The number of hydrogen-bond donors (Lipinski definition) is 0. The maximum absolute atomic E-state index is 12.4. The van der Waals surface area contributed by atoms with Gasteiger partial charge in [0.25, 0.3) is 0 Å². The normalized spacial score (nSPS) is 14.1. The van der Waals surface area contributed by atoms with Gasteiger partial charge in [0, 0.05) is 11.5 Å². The molecule has 102 valence electrons. The fourth-order valence-electron chi connectivity index (χ4n) is 2.10. The summed E-state index contributed by atoms with van der Waals surface area (Å²) in [5.41, 5.74) is 1.96. The molecule has 0 aromatic heterocycles. The van der Waals surface area contributed by atoms with Crippen LogP contribution in [0.2, 0.25) is 0 Å². The van der Waals surface area contributed by atoms with Gasteiger partial charge in [-0.2, -0.15) is 0 Å². The molecule has 0 bridgehead atoms. The maximum Gasteiger partial charge on any atom is 0.166 e. The van der Waals surface area contributed by atoms with Crippen molar-refractivity contribution in [3.05, 3.63) is 77.9 Å². The first-order valence-corrected chi connectivity index (χ1v) is 7.01. The van der Waals surface area contributed by atoms with Crippen LogP contribution in [-0.4, -0.2) is 5.78 Å². The van der Waals surface area contributed by atoms with Crippen molar-refractivity contribution in [3.63, 3.8) is 0 Å². The number of rotatable bonds is 5. The maximum atomic E-state index is 12.4. The number of carbonyl (C=O) groups excluding carboxylic acids is 1. The second kappa shape index (κ2) is 6.85. The Morgan fingerprint density at radius 1 is 0.900 bits per heavy atom. The highest BCUT2D eigenvalue weighted by molar-refractivity contribution is 5.97. The Balaban J connectivity index is 2.04. The lowest BCUT2D eigenvalue weighted by molar-refractivity contribution is 0.0908. The summed E-state index contributed by atoms with van der Waals surface area (Å²) in [6.07, 6.45) is 4.19. The van der Waals surface area contributed by atoms with Crippen molar-refractivity contribution >= 4 is 11.9 Å². The lowest BCUT2D eigenvalue weighted by Crippen LogP contribution is -2.17. The van der Waals surface area contributed by atoms with E-state index in [4.69, 9.17) is 0 Å². The largest absolute Gasteiger partial charge is 0.294 e. The zero-order valence-electron chi connectivity index (χ0n) is 12.0. The molecule has 0 aliphatic carbocycles. The molecule has 1 heteroatoms. The van der Waals surface area contributed by atoms with E-state index in [2.05, 4.69) is 31.2 Å². The number of benzene rings is 2. The summed E-state index contributed by atoms with van der Waals surface area (Å²) in [5.74, 6) is 0.399. The summed E-state index contributed by atoms with van der Waals surface area (Å²) in [7, 11) is 0. The van der Waals surface area contributed by atoms with Crippen molar-refractivity contribution in [2.24, 2.45) is 11.8 Å². The quantitative estimate of drug-likeness (QED) is 0.705. The molecule has 2 unspecified atom stereocenters. The third-order valence-corrected chi connectivity index (χ3v) is 3.65. The van der Waals surface area contributed by atoms with Gasteiger partial charge in [0.1, 0.15) is 0 Å². The average Bonchev–Trinajstić information content (AvgIpc) is 2.53. The Kier molecular flexibility index (Phi) is 4.89. The molecule has 20 heavy (non-hydrogen) atoms. The molecule has 2 rings (SSSR count). The lowest BCUT2D eigenvalue weighted by Gasteiger charge is -2.15. The predicted octanol–water partition coefficient (Wildman–Crippen LogP) is 4.85. The minimum atomic E-state index is -0.0163. The van der Waals surface area contributed by atoms with Gasteiger partial charge in [-0.3, -0.25) is 4.79 Å².